The quantitative estimate of drug-likeness (QED) is 0.507. The highest BCUT2D eigenvalue weighted by Gasteiger charge is 2.21. The summed E-state index contributed by atoms with van der Waals surface area (Å²) in [6.45, 7) is 15.4. The maximum absolute atomic E-state index is 4.99. The SMILES string of the molecule is Cc1ccc(N=c2scc(C(C)(C)C)n2-c2ccc(C)c(C)c2)cc1C. The highest BCUT2D eigenvalue weighted by atomic mass is 32.1. The molecule has 26 heavy (non-hydrogen) atoms. The van der Waals surface area contributed by atoms with E-state index in [-0.39, 0.29) is 5.41 Å². The predicted molar refractivity (Wildman–Crippen MR) is 113 cm³/mol. The maximum atomic E-state index is 4.99. The van der Waals surface area contributed by atoms with Gasteiger partial charge in [0.1, 0.15) is 0 Å². The monoisotopic (exact) mass is 364 g/mol. The van der Waals surface area contributed by atoms with E-state index in [4.69, 9.17) is 4.99 Å². The third kappa shape index (κ3) is 3.68. The highest BCUT2D eigenvalue weighted by Crippen LogP contribution is 2.27. The molecule has 0 saturated carbocycles. The molecule has 0 bridgehead atoms. The third-order valence-corrected chi connectivity index (χ3v) is 5.77. The van der Waals surface area contributed by atoms with E-state index in [2.05, 4.69) is 94.8 Å². The molecule has 1 heterocycles. The number of aromatic nitrogens is 1. The van der Waals surface area contributed by atoms with E-state index >= 15 is 0 Å². The van der Waals surface area contributed by atoms with E-state index in [0.29, 0.717) is 0 Å². The van der Waals surface area contributed by atoms with Crippen molar-refractivity contribution in [2.24, 2.45) is 4.99 Å². The van der Waals surface area contributed by atoms with Crippen molar-refractivity contribution in [1.82, 2.24) is 4.57 Å². The standard InChI is InChI=1S/C23H28N2S/c1-15-8-10-19(12-17(15)3)24-22-25(21(14-26-22)23(5,6)7)20-11-9-16(2)18(4)13-20/h8-14H,1-7H3. The molecule has 2 aromatic carbocycles. The Morgan fingerprint density at radius 3 is 2.00 bits per heavy atom. The van der Waals surface area contributed by atoms with Crippen LogP contribution in [0, 0.1) is 27.7 Å². The molecule has 3 rings (SSSR count). The average Bonchev–Trinajstić information content (AvgIpc) is 2.97. The fourth-order valence-corrected chi connectivity index (χ4v) is 4.07. The smallest absolute Gasteiger partial charge is 0.194 e. The van der Waals surface area contributed by atoms with Crippen LogP contribution >= 0.6 is 11.3 Å². The van der Waals surface area contributed by atoms with Crippen molar-refractivity contribution >= 4 is 17.0 Å². The van der Waals surface area contributed by atoms with Gasteiger partial charge in [0.05, 0.1) is 5.69 Å². The van der Waals surface area contributed by atoms with E-state index in [1.54, 1.807) is 11.3 Å². The van der Waals surface area contributed by atoms with Gasteiger partial charge in [-0.05, 0) is 74.2 Å². The van der Waals surface area contributed by atoms with Crippen molar-refractivity contribution in [1.29, 1.82) is 0 Å². The number of rotatable bonds is 2. The second-order valence-corrected chi connectivity index (χ2v) is 8.97. The van der Waals surface area contributed by atoms with Crippen LogP contribution < -0.4 is 4.80 Å². The molecular weight excluding hydrogens is 336 g/mol. The molecule has 0 aliphatic heterocycles. The van der Waals surface area contributed by atoms with Crippen molar-refractivity contribution in [3.8, 4) is 5.69 Å². The molecule has 0 radical (unpaired) electrons. The minimum atomic E-state index is 0.0479. The zero-order chi connectivity index (χ0) is 19.1. The molecule has 1 aromatic heterocycles. The molecule has 3 aromatic rings. The van der Waals surface area contributed by atoms with Crippen molar-refractivity contribution < 1.29 is 0 Å². The van der Waals surface area contributed by atoms with E-state index < -0.39 is 0 Å². The number of nitrogens with zero attached hydrogens (tertiary/aromatic N) is 2. The fraction of sp³-hybridized carbons (Fsp3) is 0.348. The largest absolute Gasteiger partial charge is 0.289 e. The zero-order valence-corrected chi connectivity index (χ0v) is 17.7. The second-order valence-electron chi connectivity index (χ2n) is 8.14. The summed E-state index contributed by atoms with van der Waals surface area (Å²) < 4.78 is 2.31. The van der Waals surface area contributed by atoms with Gasteiger partial charge in [0, 0.05) is 22.2 Å². The van der Waals surface area contributed by atoms with Gasteiger partial charge in [-0.2, -0.15) is 0 Å². The summed E-state index contributed by atoms with van der Waals surface area (Å²) in [7, 11) is 0. The summed E-state index contributed by atoms with van der Waals surface area (Å²) in [6.07, 6.45) is 0. The van der Waals surface area contributed by atoms with Crippen LogP contribution in [0.4, 0.5) is 5.69 Å². The number of thiazole rings is 1. The first kappa shape index (κ1) is 18.7. The summed E-state index contributed by atoms with van der Waals surface area (Å²) in [5, 5.41) is 2.25. The van der Waals surface area contributed by atoms with Crippen molar-refractivity contribution in [3.63, 3.8) is 0 Å². The van der Waals surface area contributed by atoms with Gasteiger partial charge in [0.2, 0.25) is 0 Å². The molecular formula is C23H28N2S. The van der Waals surface area contributed by atoms with Crippen LogP contribution in [0.3, 0.4) is 0 Å². The topological polar surface area (TPSA) is 17.3 Å². The van der Waals surface area contributed by atoms with Crippen LogP contribution in [0.25, 0.3) is 5.69 Å². The molecule has 0 atom stereocenters. The summed E-state index contributed by atoms with van der Waals surface area (Å²) in [5.74, 6) is 0. The molecule has 2 nitrogen and oxygen atoms in total. The van der Waals surface area contributed by atoms with Crippen molar-refractivity contribution in [2.75, 3.05) is 0 Å². The van der Waals surface area contributed by atoms with E-state index in [1.807, 2.05) is 0 Å². The van der Waals surface area contributed by atoms with Gasteiger partial charge < -0.3 is 0 Å². The van der Waals surface area contributed by atoms with Crippen LogP contribution in [0.5, 0.6) is 0 Å². The molecule has 0 amide bonds. The molecule has 3 heteroatoms. The Hall–Kier alpha value is -2.13. The molecule has 0 N–H and O–H groups in total. The third-order valence-electron chi connectivity index (χ3n) is 4.94. The molecule has 0 aliphatic carbocycles. The van der Waals surface area contributed by atoms with Crippen molar-refractivity contribution in [2.45, 2.75) is 53.9 Å². The number of hydrogen-bond donors (Lipinski definition) is 0. The Bertz CT molecular complexity index is 1010. The van der Waals surface area contributed by atoms with Crippen LogP contribution in [0.15, 0.2) is 46.8 Å². The first-order chi connectivity index (χ1) is 12.2. The molecule has 0 saturated heterocycles. The minimum absolute atomic E-state index is 0.0479. The molecule has 136 valence electrons. The Morgan fingerprint density at radius 1 is 0.808 bits per heavy atom. The highest BCUT2D eigenvalue weighted by molar-refractivity contribution is 7.07. The van der Waals surface area contributed by atoms with Crippen molar-refractivity contribution in [3.05, 3.63) is 74.5 Å². The van der Waals surface area contributed by atoms with Gasteiger partial charge in [-0.25, -0.2) is 4.99 Å². The lowest BCUT2D eigenvalue weighted by Gasteiger charge is -2.21. The molecule has 0 aliphatic rings. The Kier molecular flexibility index (Phi) is 4.94. The van der Waals surface area contributed by atoms with E-state index in [1.165, 1.54) is 33.6 Å². The summed E-state index contributed by atoms with van der Waals surface area (Å²) >= 11 is 1.71. The van der Waals surface area contributed by atoms with Gasteiger partial charge >= 0.3 is 0 Å². The van der Waals surface area contributed by atoms with Gasteiger partial charge in [0.15, 0.2) is 4.80 Å². The van der Waals surface area contributed by atoms with Gasteiger partial charge in [-0.1, -0.05) is 32.9 Å². The van der Waals surface area contributed by atoms with Gasteiger partial charge in [0.25, 0.3) is 0 Å². The lowest BCUT2D eigenvalue weighted by molar-refractivity contribution is 0.553. The normalized spacial score (nSPS) is 12.7. The lowest BCUT2D eigenvalue weighted by atomic mass is 9.92. The summed E-state index contributed by atoms with van der Waals surface area (Å²) in [5.41, 5.74) is 8.71. The molecule has 0 unspecified atom stereocenters. The zero-order valence-electron chi connectivity index (χ0n) is 16.8. The van der Waals surface area contributed by atoms with E-state index in [9.17, 15) is 0 Å². The maximum Gasteiger partial charge on any atom is 0.194 e. The molecule has 0 fully saturated rings. The Morgan fingerprint density at radius 2 is 1.42 bits per heavy atom. The van der Waals surface area contributed by atoms with Crippen LogP contribution in [-0.4, -0.2) is 4.57 Å². The first-order valence-electron chi connectivity index (χ1n) is 9.07. The minimum Gasteiger partial charge on any atom is -0.289 e. The van der Waals surface area contributed by atoms with Crippen LogP contribution in [-0.2, 0) is 5.41 Å². The number of aryl methyl sites for hydroxylation is 4. The summed E-state index contributed by atoms with van der Waals surface area (Å²) in [4.78, 5) is 6.00. The van der Waals surface area contributed by atoms with E-state index in [0.717, 1.165) is 10.5 Å². The first-order valence-corrected chi connectivity index (χ1v) is 9.95. The average molecular weight is 365 g/mol. The summed E-state index contributed by atoms with van der Waals surface area (Å²) in [6, 6.07) is 13.1. The number of benzene rings is 2. The predicted octanol–water partition coefficient (Wildman–Crippen LogP) is 6.30. The van der Waals surface area contributed by atoms with Gasteiger partial charge in [-0.15, -0.1) is 11.3 Å². The van der Waals surface area contributed by atoms with Gasteiger partial charge in [-0.3, -0.25) is 4.57 Å². The van der Waals surface area contributed by atoms with Crippen LogP contribution in [0.1, 0.15) is 48.7 Å². The Balaban J connectivity index is 2.26. The Labute approximate surface area is 160 Å². The number of hydrogen-bond acceptors (Lipinski definition) is 2. The fourth-order valence-electron chi connectivity index (χ4n) is 2.93. The second kappa shape index (κ2) is 6.88. The molecule has 0 spiro atoms. The lowest BCUT2D eigenvalue weighted by Crippen LogP contribution is -2.23. The van der Waals surface area contributed by atoms with Crippen LogP contribution in [0.2, 0.25) is 0 Å².